The number of carbonyl (C=O) groups is 2. The number of esters is 1. The second kappa shape index (κ2) is 6.79. The molecule has 0 atom stereocenters. The molecule has 98 valence electrons. The molecule has 0 fully saturated rings. The Morgan fingerprint density at radius 1 is 1.28 bits per heavy atom. The molecule has 1 aromatic rings. The standard InChI is InChI=1S/C14H19NO3/c1-4-18-14(17)10-15(3)13(16)9-12-8-6-5-7-11(12)2/h5-8H,4,9-10H2,1-3H3. The Morgan fingerprint density at radius 3 is 2.56 bits per heavy atom. The third-order valence-corrected chi connectivity index (χ3v) is 2.70. The zero-order valence-corrected chi connectivity index (χ0v) is 11.1. The molecule has 4 nitrogen and oxygen atoms in total. The number of hydrogen-bond acceptors (Lipinski definition) is 3. The number of nitrogens with zero attached hydrogens (tertiary/aromatic N) is 1. The molecule has 0 saturated heterocycles. The van der Waals surface area contributed by atoms with E-state index in [-0.39, 0.29) is 18.4 Å². The van der Waals surface area contributed by atoms with Crippen LogP contribution in [0.1, 0.15) is 18.1 Å². The largest absolute Gasteiger partial charge is 0.465 e. The summed E-state index contributed by atoms with van der Waals surface area (Å²) in [6, 6.07) is 7.73. The molecule has 18 heavy (non-hydrogen) atoms. The van der Waals surface area contributed by atoms with Gasteiger partial charge in [-0.2, -0.15) is 0 Å². The third-order valence-electron chi connectivity index (χ3n) is 2.70. The molecule has 0 spiro atoms. The number of hydrogen-bond donors (Lipinski definition) is 0. The van der Waals surface area contributed by atoms with Crippen LogP contribution in [0.4, 0.5) is 0 Å². The van der Waals surface area contributed by atoms with E-state index in [9.17, 15) is 9.59 Å². The summed E-state index contributed by atoms with van der Waals surface area (Å²) in [5, 5.41) is 0. The van der Waals surface area contributed by atoms with Crippen LogP contribution in [-0.2, 0) is 20.7 Å². The number of ether oxygens (including phenoxy) is 1. The minimum absolute atomic E-state index is 0.00143. The molecule has 4 heteroatoms. The van der Waals surface area contributed by atoms with Crippen molar-refractivity contribution in [2.45, 2.75) is 20.3 Å². The van der Waals surface area contributed by atoms with Crippen molar-refractivity contribution < 1.29 is 14.3 Å². The smallest absolute Gasteiger partial charge is 0.325 e. The SMILES string of the molecule is CCOC(=O)CN(C)C(=O)Cc1ccccc1C. The first-order valence-corrected chi connectivity index (χ1v) is 5.98. The van der Waals surface area contributed by atoms with Crippen LogP contribution in [0.15, 0.2) is 24.3 Å². The monoisotopic (exact) mass is 249 g/mol. The van der Waals surface area contributed by atoms with E-state index in [4.69, 9.17) is 4.74 Å². The molecule has 0 saturated carbocycles. The van der Waals surface area contributed by atoms with E-state index in [0.717, 1.165) is 11.1 Å². The van der Waals surface area contributed by atoms with E-state index in [1.54, 1.807) is 14.0 Å². The van der Waals surface area contributed by atoms with Gasteiger partial charge in [-0.1, -0.05) is 24.3 Å². The van der Waals surface area contributed by atoms with Gasteiger partial charge in [-0.25, -0.2) is 0 Å². The minimum Gasteiger partial charge on any atom is -0.465 e. The lowest BCUT2D eigenvalue weighted by atomic mass is 10.1. The number of likely N-dealkylation sites (N-methyl/N-ethyl adjacent to an activating group) is 1. The highest BCUT2D eigenvalue weighted by Gasteiger charge is 2.14. The maximum absolute atomic E-state index is 11.9. The van der Waals surface area contributed by atoms with Gasteiger partial charge in [0.2, 0.25) is 5.91 Å². The lowest BCUT2D eigenvalue weighted by Gasteiger charge is -2.16. The Bertz CT molecular complexity index is 429. The van der Waals surface area contributed by atoms with Crippen molar-refractivity contribution in [3.05, 3.63) is 35.4 Å². The van der Waals surface area contributed by atoms with Gasteiger partial charge in [-0.05, 0) is 25.0 Å². The van der Waals surface area contributed by atoms with Crippen LogP contribution in [0.5, 0.6) is 0 Å². The lowest BCUT2D eigenvalue weighted by molar-refractivity contribution is -0.147. The van der Waals surface area contributed by atoms with E-state index >= 15 is 0 Å². The van der Waals surface area contributed by atoms with Crippen molar-refractivity contribution >= 4 is 11.9 Å². The summed E-state index contributed by atoms with van der Waals surface area (Å²) in [7, 11) is 1.61. The fourth-order valence-corrected chi connectivity index (χ4v) is 1.59. The second-order valence-electron chi connectivity index (χ2n) is 4.16. The maximum Gasteiger partial charge on any atom is 0.325 e. The maximum atomic E-state index is 11.9. The van der Waals surface area contributed by atoms with Gasteiger partial charge in [0.1, 0.15) is 6.54 Å². The normalized spacial score (nSPS) is 9.94. The number of aryl methyl sites for hydroxylation is 1. The molecule has 1 aromatic carbocycles. The fraction of sp³-hybridized carbons (Fsp3) is 0.429. The Labute approximate surface area is 108 Å². The molecular weight excluding hydrogens is 230 g/mol. The van der Waals surface area contributed by atoms with Crippen molar-refractivity contribution in [2.75, 3.05) is 20.2 Å². The van der Waals surface area contributed by atoms with Crippen LogP contribution in [-0.4, -0.2) is 37.0 Å². The van der Waals surface area contributed by atoms with E-state index in [0.29, 0.717) is 13.0 Å². The topological polar surface area (TPSA) is 46.6 Å². The van der Waals surface area contributed by atoms with Crippen molar-refractivity contribution in [2.24, 2.45) is 0 Å². The minimum atomic E-state index is -0.377. The van der Waals surface area contributed by atoms with Crippen LogP contribution in [0, 0.1) is 6.92 Å². The van der Waals surface area contributed by atoms with Gasteiger partial charge in [-0.15, -0.1) is 0 Å². The zero-order chi connectivity index (χ0) is 13.5. The molecular formula is C14H19NO3. The molecule has 0 aliphatic heterocycles. The number of rotatable bonds is 5. The predicted octanol–water partition coefficient (Wildman–Crippen LogP) is 1.56. The molecule has 0 aliphatic rings. The summed E-state index contributed by atoms with van der Waals surface area (Å²) in [6.45, 7) is 4.04. The average Bonchev–Trinajstić information content (AvgIpc) is 2.32. The van der Waals surface area contributed by atoms with Crippen LogP contribution in [0.2, 0.25) is 0 Å². The Balaban J connectivity index is 2.55. The van der Waals surface area contributed by atoms with E-state index in [1.165, 1.54) is 4.90 Å². The first-order valence-electron chi connectivity index (χ1n) is 5.98. The second-order valence-corrected chi connectivity index (χ2v) is 4.16. The van der Waals surface area contributed by atoms with Gasteiger partial charge >= 0.3 is 5.97 Å². The van der Waals surface area contributed by atoms with Gasteiger partial charge in [0, 0.05) is 7.05 Å². The van der Waals surface area contributed by atoms with Crippen molar-refractivity contribution in [1.82, 2.24) is 4.90 Å². The first-order chi connectivity index (χ1) is 8.54. The molecule has 1 rings (SSSR count). The highest BCUT2D eigenvalue weighted by Crippen LogP contribution is 2.08. The Hall–Kier alpha value is -1.84. The summed E-state index contributed by atoms with van der Waals surface area (Å²) < 4.78 is 4.80. The number of benzene rings is 1. The predicted molar refractivity (Wildman–Crippen MR) is 69.2 cm³/mol. The third kappa shape index (κ3) is 4.20. The molecule has 0 aliphatic carbocycles. The molecule has 0 N–H and O–H groups in total. The van der Waals surface area contributed by atoms with E-state index in [2.05, 4.69) is 0 Å². The molecule has 0 bridgehead atoms. The molecule has 0 radical (unpaired) electrons. The van der Waals surface area contributed by atoms with Gasteiger partial charge in [0.15, 0.2) is 0 Å². The summed E-state index contributed by atoms with van der Waals surface area (Å²) in [5.41, 5.74) is 2.06. The summed E-state index contributed by atoms with van der Waals surface area (Å²) >= 11 is 0. The fourth-order valence-electron chi connectivity index (χ4n) is 1.59. The molecule has 1 amide bonds. The first kappa shape index (κ1) is 14.2. The number of amides is 1. The van der Waals surface area contributed by atoms with E-state index < -0.39 is 0 Å². The average molecular weight is 249 g/mol. The number of carbonyl (C=O) groups excluding carboxylic acids is 2. The highest BCUT2D eigenvalue weighted by molar-refractivity contribution is 5.83. The summed E-state index contributed by atoms with van der Waals surface area (Å²) in [4.78, 5) is 24.6. The van der Waals surface area contributed by atoms with Crippen LogP contribution >= 0.6 is 0 Å². The van der Waals surface area contributed by atoms with Gasteiger partial charge in [-0.3, -0.25) is 9.59 Å². The Morgan fingerprint density at radius 2 is 1.94 bits per heavy atom. The highest BCUT2D eigenvalue weighted by atomic mass is 16.5. The van der Waals surface area contributed by atoms with Crippen molar-refractivity contribution in [1.29, 1.82) is 0 Å². The summed E-state index contributed by atoms with van der Waals surface area (Å²) in [6.07, 6.45) is 0.308. The molecule has 0 heterocycles. The lowest BCUT2D eigenvalue weighted by Crippen LogP contribution is -2.34. The van der Waals surface area contributed by atoms with Gasteiger partial charge in [0.25, 0.3) is 0 Å². The van der Waals surface area contributed by atoms with Crippen molar-refractivity contribution in [3.8, 4) is 0 Å². The molecule has 0 unspecified atom stereocenters. The van der Waals surface area contributed by atoms with Gasteiger partial charge < -0.3 is 9.64 Å². The van der Waals surface area contributed by atoms with Gasteiger partial charge in [0.05, 0.1) is 13.0 Å². The quantitative estimate of drug-likeness (QED) is 0.744. The van der Waals surface area contributed by atoms with E-state index in [1.807, 2.05) is 31.2 Å². The molecule has 0 aromatic heterocycles. The van der Waals surface area contributed by atoms with Crippen LogP contribution in [0.3, 0.4) is 0 Å². The summed E-state index contributed by atoms with van der Waals surface area (Å²) in [5.74, 6) is -0.463. The van der Waals surface area contributed by atoms with Crippen LogP contribution < -0.4 is 0 Å². The van der Waals surface area contributed by atoms with Crippen molar-refractivity contribution in [3.63, 3.8) is 0 Å². The van der Waals surface area contributed by atoms with Crippen LogP contribution in [0.25, 0.3) is 0 Å². The zero-order valence-electron chi connectivity index (χ0n) is 11.1. The Kier molecular flexibility index (Phi) is 5.36.